The Morgan fingerprint density at radius 2 is 2.23 bits per heavy atom. The number of amides is 2. The Balaban J connectivity index is 2.32. The first-order valence-electron chi connectivity index (χ1n) is 4.36. The number of nitrogens with one attached hydrogen (secondary N) is 1. The zero-order valence-corrected chi connectivity index (χ0v) is 7.42. The van der Waals surface area contributed by atoms with E-state index in [2.05, 4.69) is 5.32 Å². The Labute approximate surface area is 75.9 Å². The molecule has 0 spiro atoms. The average molecular weight is 181 g/mol. The molecule has 2 saturated heterocycles. The van der Waals surface area contributed by atoms with Crippen molar-refractivity contribution in [1.29, 1.82) is 0 Å². The summed E-state index contributed by atoms with van der Waals surface area (Å²) in [5, 5.41) is 2.27. The molecule has 2 rings (SSSR count). The lowest BCUT2D eigenvalue weighted by atomic mass is 10.0. The summed E-state index contributed by atoms with van der Waals surface area (Å²) >= 11 is 0. The van der Waals surface area contributed by atoms with Crippen LogP contribution in [0.4, 0.5) is 0 Å². The van der Waals surface area contributed by atoms with Crippen LogP contribution in [0.15, 0.2) is 11.1 Å². The van der Waals surface area contributed by atoms with Gasteiger partial charge in [-0.05, 0) is 18.9 Å². The molecular formula is C9H11NO3. The van der Waals surface area contributed by atoms with Crippen molar-refractivity contribution in [2.24, 2.45) is 0 Å². The molecule has 0 bridgehead atoms. The van der Waals surface area contributed by atoms with Gasteiger partial charge in [0.1, 0.15) is 0 Å². The fraction of sp³-hybridized carbons (Fsp3) is 0.556. The van der Waals surface area contributed by atoms with E-state index in [1.807, 2.05) is 6.92 Å². The predicted octanol–water partition coefficient (Wildman–Crippen LogP) is 0.138. The highest BCUT2D eigenvalue weighted by atomic mass is 16.5. The molecule has 0 aliphatic carbocycles. The van der Waals surface area contributed by atoms with Gasteiger partial charge in [0.15, 0.2) is 0 Å². The monoisotopic (exact) mass is 181 g/mol. The first-order chi connectivity index (χ1) is 6.18. The van der Waals surface area contributed by atoms with E-state index in [0.29, 0.717) is 12.2 Å². The second kappa shape index (κ2) is 2.96. The fourth-order valence-corrected chi connectivity index (χ4v) is 1.79. The van der Waals surface area contributed by atoms with E-state index < -0.39 is 0 Å². The molecular weight excluding hydrogens is 170 g/mol. The maximum Gasteiger partial charge on any atom is 0.254 e. The van der Waals surface area contributed by atoms with Gasteiger partial charge in [0.05, 0.1) is 19.1 Å². The number of rotatable bonds is 0. The van der Waals surface area contributed by atoms with Gasteiger partial charge in [0.2, 0.25) is 5.91 Å². The third-order valence-corrected chi connectivity index (χ3v) is 2.48. The van der Waals surface area contributed by atoms with Crippen molar-refractivity contribution >= 4 is 11.8 Å². The molecule has 4 nitrogen and oxygen atoms in total. The van der Waals surface area contributed by atoms with Crippen molar-refractivity contribution in [2.75, 3.05) is 6.61 Å². The van der Waals surface area contributed by atoms with Crippen LogP contribution in [-0.4, -0.2) is 24.5 Å². The number of imide groups is 1. The van der Waals surface area contributed by atoms with E-state index >= 15 is 0 Å². The smallest absolute Gasteiger partial charge is 0.254 e. The van der Waals surface area contributed by atoms with Crippen LogP contribution >= 0.6 is 0 Å². The van der Waals surface area contributed by atoms with Gasteiger partial charge in [-0.15, -0.1) is 0 Å². The number of carbonyl (C=O) groups excluding carboxylic acids is 2. The predicted molar refractivity (Wildman–Crippen MR) is 44.8 cm³/mol. The molecule has 1 unspecified atom stereocenters. The topological polar surface area (TPSA) is 55.4 Å². The van der Waals surface area contributed by atoms with Crippen LogP contribution in [0.1, 0.15) is 19.8 Å². The summed E-state index contributed by atoms with van der Waals surface area (Å²) < 4.78 is 5.31. The Kier molecular flexibility index (Phi) is 1.92. The lowest BCUT2D eigenvalue weighted by Crippen LogP contribution is -2.20. The van der Waals surface area contributed by atoms with E-state index in [0.717, 1.165) is 12.0 Å². The molecule has 2 aliphatic rings. The molecule has 2 heterocycles. The molecule has 2 amide bonds. The normalized spacial score (nSPS) is 34.1. The fourth-order valence-electron chi connectivity index (χ4n) is 1.79. The minimum absolute atomic E-state index is 0.00773. The summed E-state index contributed by atoms with van der Waals surface area (Å²) in [4.78, 5) is 22.2. The van der Waals surface area contributed by atoms with Crippen LogP contribution in [-0.2, 0) is 14.3 Å². The zero-order valence-electron chi connectivity index (χ0n) is 7.42. The minimum atomic E-state index is -0.239. The van der Waals surface area contributed by atoms with Gasteiger partial charge in [0, 0.05) is 5.57 Å². The number of ether oxygens (including phenoxy) is 1. The second-order valence-electron chi connectivity index (χ2n) is 3.32. The van der Waals surface area contributed by atoms with Crippen LogP contribution in [0.25, 0.3) is 0 Å². The molecule has 0 saturated carbocycles. The quantitative estimate of drug-likeness (QED) is 0.427. The Morgan fingerprint density at radius 1 is 1.46 bits per heavy atom. The van der Waals surface area contributed by atoms with Crippen LogP contribution in [0.3, 0.4) is 0 Å². The van der Waals surface area contributed by atoms with Gasteiger partial charge in [-0.3, -0.25) is 14.9 Å². The van der Waals surface area contributed by atoms with Gasteiger partial charge in [-0.25, -0.2) is 0 Å². The van der Waals surface area contributed by atoms with Crippen molar-refractivity contribution in [2.45, 2.75) is 25.9 Å². The molecule has 0 aromatic rings. The van der Waals surface area contributed by atoms with Crippen molar-refractivity contribution in [3.8, 4) is 0 Å². The van der Waals surface area contributed by atoms with Crippen molar-refractivity contribution < 1.29 is 14.3 Å². The first-order valence-corrected chi connectivity index (χ1v) is 4.36. The Bertz CT molecular complexity index is 306. The van der Waals surface area contributed by atoms with Crippen molar-refractivity contribution in [1.82, 2.24) is 5.32 Å². The Hall–Kier alpha value is -1.16. The largest absolute Gasteiger partial charge is 0.374 e. The third kappa shape index (κ3) is 1.37. The molecule has 2 aliphatic heterocycles. The second-order valence-corrected chi connectivity index (χ2v) is 3.32. The highest BCUT2D eigenvalue weighted by molar-refractivity contribution is 6.13. The van der Waals surface area contributed by atoms with Crippen LogP contribution in [0, 0.1) is 0 Å². The average Bonchev–Trinajstić information content (AvgIpc) is 2.58. The van der Waals surface area contributed by atoms with E-state index in [4.69, 9.17) is 4.74 Å². The first kappa shape index (κ1) is 8.44. The lowest BCUT2D eigenvalue weighted by molar-refractivity contribution is -0.124. The molecule has 2 fully saturated rings. The summed E-state index contributed by atoms with van der Waals surface area (Å²) in [6, 6.07) is 0. The van der Waals surface area contributed by atoms with Crippen molar-refractivity contribution in [3.63, 3.8) is 0 Å². The minimum Gasteiger partial charge on any atom is -0.374 e. The van der Waals surface area contributed by atoms with E-state index in [9.17, 15) is 9.59 Å². The lowest BCUT2D eigenvalue weighted by Gasteiger charge is -2.05. The molecule has 0 aromatic carbocycles. The van der Waals surface area contributed by atoms with Crippen molar-refractivity contribution in [3.05, 3.63) is 11.1 Å². The summed E-state index contributed by atoms with van der Waals surface area (Å²) in [6.45, 7) is 2.56. The number of hydrogen-bond donors (Lipinski definition) is 1. The van der Waals surface area contributed by atoms with Crippen LogP contribution < -0.4 is 5.32 Å². The molecule has 1 N–H and O–H groups in total. The Morgan fingerprint density at radius 3 is 2.69 bits per heavy atom. The maximum atomic E-state index is 11.3. The summed E-state index contributed by atoms with van der Waals surface area (Å²) in [7, 11) is 0. The van der Waals surface area contributed by atoms with Gasteiger partial charge < -0.3 is 4.74 Å². The van der Waals surface area contributed by atoms with Gasteiger partial charge in [-0.1, -0.05) is 0 Å². The maximum absolute atomic E-state index is 11.3. The standard InChI is InChI=1S/C9H11NO3/c1-5-6(2-3-13-5)7-4-8(11)10-9(7)12/h5H,2-4H2,1H3,(H,10,11,12). The highest BCUT2D eigenvalue weighted by Crippen LogP contribution is 2.26. The molecule has 0 radical (unpaired) electrons. The third-order valence-electron chi connectivity index (χ3n) is 2.48. The van der Waals surface area contributed by atoms with Gasteiger partial charge in [-0.2, -0.15) is 0 Å². The van der Waals surface area contributed by atoms with E-state index in [1.54, 1.807) is 0 Å². The molecule has 0 aromatic heterocycles. The summed E-state index contributed by atoms with van der Waals surface area (Å²) in [5.74, 6) is -0.441. The zero-order chi connectivity index (χ0) is 9.42. The van der Waals surface area contributed by atoms with Crippen LogP contribution in [0.5, 0.6) is 0 Å². The SMILES string of the molecule is CC1OCCC1=C1CC(=O)NC1=O. The number of carbonyl (C=O) groups is 2. The molecule has 1 atom stereocenters. The summed E-state index contributed by atoms with van der Waals surface area (Å²) in [6.07, 6.45) is 0.991. The molecule has 13 heavy (non-hydrogen) atoms. The van der Waals surface area contributed by atoms with Gasteiger partial charge in [0.25, 0.3) is 5.91 Å². The van der Waals surface area contributed by atoms with E-state index in [1.165, 1.54) is 0 Å². The van der Waals surface area contributed by atoms with Crippen LogP contribution in [0.2, 0.25) is 0 Å². The molecule has 70 valence electrons. The number of hydrogen-bond acceptors (Lipinski definition) is 3. The van der Waals surface area contributed by atoms with E-state index in [-0.39, 0.29) is 24.3 Å². The molecule has 4 heteroatoms. The highest BCUT2D eigenvalue weighted by Gasteiger charge is 2.31. The van der Waals surface area contributed by atoms with Gasteiger partial charge >= 0.3 is 0 Å². The summed E-state index contributed by atoms with van der Waals surface area (Å²) in [5.41, 5.74) is 1.61.